The van der Waals surface area contributed by atoms with Crippen LogP contribution >= 0.6 is 0 Å². The second-order valence-electron chi connectivity index (χ2n) is 5.00. The summed E-state index contributed by atoms with van der Waals surface area (Å²) >= 11 is 0. The maximum atomic E-state index is 6.00. The van der Waals surface area contributed by atoms with Crippen molar-refractivity contribution < 1.29 is 0 Å². The summed E-state index contributed by atoms with van der Waals surface area (Å²) in [7, 11) is 0. The van der Waals surface area contributed by atoms with Gasteiger partial charge in [0.15, 0.2) is 0 Å². The van der Waals surface area contributed by atoms with Gasteiger partial charge >= 0.3 is 0 Å². The van der Waals surface area contributed by atoms with E-state index in [9.17, 15) is 0 Å². The Morgan fingerprint density at radius 1 is 1.27 bits per heavy atom. The van der Waals surface area contributed by atoms with E-state index in [1.807, 2.05) is 0 Å². The van der Waals surface area contributed by atoms with Crippen LogP contribution in [0.3, 0.4) is 0 Å². The summed E-state index contributed by atoms with van der Waals surface area (Å²) in [4.78, 5) is 2.67. The molecule has 1 unspecified atom stereocenters. The number of likely N-dealkylation sites (tertiary alicyclic amines) is 1. The molecule has 1 rings (SSSR count). The highest BCUT2D eigenvalue weighted by atomic mass is 15.2. The van der Waals surface area contributed by atoms with Crippen molar-refractivity contribution >= 4 is 0 Å². The first-order valence-corrected chi connectivity index (χ1v) is 6.67. The third-order valence-electron chi connectivity index (χ3n) is 4.46. The molecule has 0 aromatic heterocycles. The third-order valence-corrected chi connectivity index (χ3v) is 4.46. The maximum absolute atomic E-state index is 6.00. The smallest absolute Gasteiger partial charge is 0.0326 e. The minimum absolute atomic E-state index is 0.286. The number of hydrogen-bond acceptors (Lipinski definition) is 2. The predicted molar refractivity (Wildman–Crippen MR) is 67.0 cm³/mol. The summed E-state index contributed by atoms with van der Waals surface area (Å²) in [5.41, 5.74) is 6.29. The average molecular weight is 212 g/mol. The Balaban J connectivity index is 2.66. The maximum Gasteiger partial charge on any atom is 0.0326 e. The van der Waals surface area contributed by atoms with Gasteiger partial charge in [-0.15, -0.1) is 0 Å². The summed E-state index contributed by atoms with van der Waals surface area (Å²) in [5.74, 6) is 0.905. The first kappa shape index (κ1) is 13.0. The fourth-order valence-corrected chi connectivity index (χ4v) is 2.94. The molecule has 0 aromatic carbocycles. The average Bonchev–Trinajstić information content (AvgIpc) is 2.32. The number of piperidine rings is 1. The molecule has 1 saturated heterocycles. The van der Waals surface area contributed by atoms with Crippen LogP contribution in [-0.2, 0) is 0 Å². The molecule has 1 heterocycles. The zero-order valence-corrected chi connectivity index (χ0v) is 10.8. The molecule has 1 atom stereocenters. The molecule has 90 valence electrons. The summed E-state index contributed by atoms with van der Waals surface area (Å²) < 4.78 is 0. The summed E-state index contributed by atoms with van der Waals surface area (Å²) in [6.45, 7) is 10.2. The van der Waals surface area contributed by atoms with Crippen molar-refractivity contribution in [2.45, 2.75) is 58.4 Å². The van der Waals surface area contributed by atoms with E-state index in [4.69, 9.17) is 5.73 Å². The van der Waals surface area contributed by atoms with Gasteiger partial charge in [0, 0.05) is 18.6 Å². The van der Waals surface area contributed by atoms with E-state index in [-0.39, 0.29) is 5.54 Å². The fourth-order valence-electron chi connectivity index (χ4n) is 2.94. The predicted octanol–water partition coefficient (Wildman–Crippen LogP) is 2.63. The molecule has 0 saturated carbocycles. The van der Waals surface area contributed by atoms with E-state index in [1.54, 1.807) is 0 Å². The van der Waals surface area contributed by atoms with Gasteiger partial charge in [0.05, 0.1) is 0 Å². The first-order chi connectivity index (χ1) is 7.22. The van der Waals surface area contributed by atoms with Gasteiger partial charge in [-0.05, 0) is 38.1 Å². The van der Waals surface area contributed by atoms with Gasteiger partial charge in [-0.25, -0.2) is 0 Å². The molecule has 0 radical (unpaired) electrons. The third kappa shape index (κ3) is 2.73. The highest BCUT2D eigenvalue weighted by Gasteiger charge is 2.34. The van der Waals surface area contributed by atoms with Gasteiger partial charge in [0.25, 0.3) is 0 Å². The van der Waals surface area contributed by atoms with Crippen LogP contribution in [0.1, 0.15) is 52.9 Å². The Bertz CT molecular complexity index is 167. The highest BCUT2D eigenvalue weighted by Crippen LogP contribution is 2.29. The number of nitrogens with zero attached hydrogens (tertiary/aromatic N) is 1. The van der Waals surface area contributed by atoms with Crippen molar-refractivity contribution in [1.82, 2.24) is 4.90 Å². The molecule has 2 N–H and O–H groups in total. The standard InChI is InChI=1S/C13H28N2/c1-4-12-8-7-9-15(10-12)13(5-2,6-3)11-14/h12H,4-11,14H2,1-3H3. The summed E-state index contributed by atoms with van der Waals surface area (Å²) in [6.07, 6.45) is 6.48. The lowest BCUT2D eigenvalue weighted by atomic mass is 9.85. The molecular formula is C13H28N2. The molecule has 1 aliphatic rings. The Labute approximate surface area is 95.2 Å². The first-order valence-electron chi connectivity index (χ1n) is 6.67. The Morgan fingerprint density at radius 3 is 2.40 bits per heavy atom. The van der Waals surface area contributed by atoms with Gasteiger partial charge in [0.2, 0.25) is 0 Å². The van der Waals surface area contributed by atoms with Crippen LogP contribution in [0, 0.1) is 5.92 Å². The number of rotatable bonds is 5. The normalized spacial score (nSPS) is 24.4. The molecule has 2 nitrogen and oxygen atoms in total. The van der Waals surface area contributed by atoms with Gasteiger partial charge < -0.3 is 5.73 Å². The Kier molecular flexibility index (Phi) is 5.07. The van der Waals surface area contributed by atoms with Crippen molar-refractivity contribution in [2.24, 2.45) is 11.7 Å². The molecule has 15 heavy (non-hydrogen) atoms. The van der Waals surface area contributed by atoms with Gasteiger partial charge in [-0.1, -0.05) is 27.2 Å². The molecule has 0 aliphatic carbocycles. The van der Waals surface area contributed by atoms with Crippen LogP contribution in [-0.4, -0.2) is 30.1 Å². The molecular weight excluding hydrogens is 184 g/mol. The molecule has 0 bridgehead atoms. The second-order valence-corrected chi connectivity index (χ2v) is 5.00. The zero-order valence-electron chi connectivity index (χ0n) is 10.8. The molecule has 0 aromatic rings. The van der Waals surface area contributed by atoms with Crippen molar-refractivity contribution in [1.29, 1.82) is 0 Å². The monoisotopic (exact) mass is 212 g/mol. The minimum Gasteiger partial charge on any atom is -0.329 e. The fraction of sp³-hybridized carbons (Fsp3) is 1.00. The van der Waals surface area contributed by atoms with Crippen LogP contribution in [0.2, 0.25) is 0 Å². The van der Waals surface area contributed by atoms with Gasteiger partial charge in [0.1, 0.15) is 0 Å². The van der Waals surface area contributed by atoms with Crippen molar-refractivity contribution in [3.63, 3.8) is 0 Å². The van der Waals surface area contributed by atoms with Gasteiger partial charge in [-0.3, -0.25) is 4.90 Å². The lowest BCUT2D eigenvalue weighted by molar-refractivity contribution is 0.0401. The van der Waals surface area contributed by atoms with E-state index in [2.05, 4.69) is 25.7 Å². The number of nitrogens with two attached hydrogens (primary N) is 1. The minimum atomic E-state index is 0.286. The van der Waals surface area contributed by atoms with E-state index in [1.165, 1.54) is 45.2 Å². The van der Waals surface area contributed by atoms with Crippen LogP contribution in [0.4, 0.5) is 0 Å². The van der Waals surface area contributed by atoms with Crippen molar-refractivity contribution in [3.05, 3.63) is 0 Å². The van der Waals surface area contributed by atoms with E-state index >= 15 is 0 Å². The molecule has 1 aliphatic heterocycles. The molecule has 0 amide bonds. The lowest BCUT2D eigenvalue weighted by Gasteiger charge is -2.46. The second kappa shape index (κ2) is 5.86. The van der Waals surface area contributed by atoms with E-state index in [0.29, 0.717) is 0 Å². The summed E-state index contributed by atoms with van der Waals surface area (Å²) in [5, 5.41) is 0. The summed E-state index contributed by atoms with van der Waals surface area (Å²) in [6, 6.07) is 0. The number of hydrogen-bond donors (Lipinski definition) is 1. The Hall–Kier alpha value is -0.0800. The van der Waals surface area contributed by atoms with Crippen LogP contribution < -0.4 is 5.73 Å². The van der Waals surface area contributed by atoms with Crippen molar-refractivity contribution in [2.75, 3.05) is 19.6 Å². The van der Waals surface area contributed by atoms with Crippen LogP contribution in [0.25, 0.3) is 0 Å². The lowest BCUT2D eigenvalue weighted by Crippen LogP contribution is -2.56. The van der Waals surface area contributed by atoms with Crippen LogP contribution in [0.15, 0.2) is 0 Å². The van der Waals surface area contributed by atoms with Crippen molar-refractivity contribution in [3.8, 4) is 0 Å². The van der Waals surface area contributed by atoms with E-state index in [0.717, 1.165) is 12.5 Å². The highest BCUT2D eigenvalue weighted by molar-refractivity contribution is 4.92. The molecule has 2 heteroatoms. The largest absolute Gasteiger partial charge is 0.329 e. The Morgan fingerprint density at radius 2 is 1.93 bits per heavy atom. The topological polar surface area (TPSA) is 29.3 Å². The quantitative estimate of drug-likeness (QED) is 0.759. The SMILES string of the molecule is CCC1CCCN(C(CC)(CC)CN)C1. The van der Waals surface area contributed by atoms with Crippen LogP contribution in [0.5, 0.6) is 0 Å². The molecule has 1 fully saturated rings. The van der Waals surface area contributed by atoms with E-state index < -0.39 is 0 Å². The van der Waals surface area contributed by atoms with Gasteiger partial charge in [-0.2, -0.15) is 0 Å². The molecule has 0 spiro atoms. The zero-order chi connectivity index (χ0) is 11.3.